The molecule has 3 rings (SSSR count). The Labute approximate surface area is 139 Å². The van der Waals surface area contributed by atoms with E-state index in [0.717, 1.165) is 12.0 Å². The van der Waals surface area contributed by atoms with Crippen molar-refractivity contribution < 1.29 is 14.3 Å². The highest BCUT2D eigenvalue weighted by Gasteiger charge is 2.12. The van der Waals surface area contributed by atoms with Crippen LogP contribution in [0.3, 0.4) is 0 Å². The van der Waals surface area contributed by atoms with Crippen molar-refractivity contribution in [2.45, 2.75) is 25.9 Å². The molecule has 1 heterocycles. The third kappa shape index (κ3) is 3.00. The van der Waals surface area contributed by atoms with Crippen LogP contribution in [0.2, 0.25) is 0 Å². The van der Waals surface area contributed by atoms with Crippen molar-refractivity contribution in [2.24, 2.45) is 0 Å². The summed E-state index contributed by atoms with van der Waals surface area (Å²) in [6.07, 6.45) is 0.825. The number of nitrogens with one attached hydrogen (secondary N) is 1. The highest BCUT2D eigenvalue weighted by Crippen LogP contribution is 2.25. The van der Waals surface area contributed by atoms with Gasteiger partial charge < -0.3 is 19.6 Å². The molecule has 126 valence electrons. The van der Waals surface area contributed by atoms with E-state index in [0.29, 0.717) is 34.2 Å². The Morgan fingerprint density at radius 3 is 2.79 bits per heavy atom. The summed E-state index contributed by atoms with van der Waals surface area (Å²) in [6, 6.07) is 10.8. The normalized spacial score (nSPS) is 12.6. The molecule has 0 aliphatic rings. The van der Waals surface area contributed by atoms with Gasteiger partial charge in [0.2, 0.25) is 5.43 Å². The van der Waals surface area contributed by atoms with Crippen molar-refractivity contribution in [1.29, 1.82) is 0 Å². The van der Waals surface area contributed by atoms with Gasteiger partial charge in [-0.1, -0.05) is 19.1 Å². The molecular formula is C19H21NO4. The van der Waals surface area contributed by atoms with Gasteiger partial charge in [-0.3, -0.25) is 4.79 Å². The molecule has 2 aromatic carbocycles. The van der Waals surface area contributed by atoms with Gasteiger partial charge in [-0.25, -0.2) is 0 Å². The third-order valence-electron chi connectivity index (χ3n) is 4.28. The minimum absolute atomic E-state index is 0.0209. The predicted octanol–water partition coefficient (Wildman–Crippen LogP) is 2.82. The van der Waals surface area contributed by atoms with E-state index in [1.807, 2.05) is 19.1 Å². The second kappa shape index (κ2) is 7.03. The average molecular weight is 327 g/mol. The number of aliphatic hydroxyl groups is 1. The fraction of sp³-hybridized carbons (Fsp3) is 0.316. The summed E-state index contributed by atoms with van der Waals surface area (Å²) in [4.78, 5) is 12.7. The highest BCUT2D eigenvalue weighted by atomic mass is 16.5. The van der Waals surface area contributed by atoms with Crippen molar-refractivity contribution in [2.75, 3.05) is 13.7 Å². The second-order valence-electron chi connectivity index (χ2n) is 5.76. The van der Waals surface area contributed by atoms with E-state index in [2.05, 4.69) is 5.32 Å². The minimum Gasteiger partial charge on any atom is -0.497 e. The Balaban J connectivity index is 2.12. The first kappa shape index (κ1) is 16.5. The lowest BCUT2D eigenvalue weighted by atomic mass is 10.1. The van der Waals surface area contributed by atoms with Gasteiger partial charge in [0.05, 0.1) is 24.5 Å². The SMILES string of the molecule is CC[C@H](CO)NCc1cccc2c(=O)c3ccc(OC)cc3oc12. The van der Waals surface area contributed by atoms with Crippen LogP contribution in [0.5, 0.6) is 5.75 Å². The summed E-state index contributed by atoms with van der Waals surface area (Å²) in [5.74, 6) is 0.645. The Kier molecular flexibility index (Phi) is 4.83. The van der Waals surface area contributed by atoms with Gasteiger partial charge in [-0.05, 0) is 24.6 Å². The predicted molar refractivity (Wildman–Crippen MR) is 94.5 cm³/mol. The van der Waals surface area contributed by atoms with Crippen molar-refractivity contribution in [1.82, 2.24) is 5.32 Å². The number of aliphatic hydroxyl groups excluding tert-OH is 1. The van der Waals surface area contributed by atoms with Gasteiger partial charge in [-0.15, -0.1) is 0 Å². The molecule has 0 bridgehead atoms. The molecule has 5 heteroatoms. The molecule has 1 aromatic heterocycles. The molecule has 0 amide bonds. The van der Waals surface area contributed by atoms with Crippen LogP contribution in [0.25, 0.3) is 21.9 Å². The van der Waals surface area contributed by atoms with Gasteiger partial charge >= 0.3 is 0 Å². The van der Waals surface area contributed by atoms with Crippen LogP contribution in [-0.4, -0.2) is 24.9 Å². The number of fused-ring (bicyclic) bond motifs is 2. The van der Waals surface area contributed by atoms with E-state index >= 15 is 0 Å². The zero-order valence-electron chi connectivity index (χ0n) is 13.8. The number of hydrogen-bond acceptors (Lipinski definition) is 5. The number of benzene rings is 2. The van der Waals surface area contributed by atoms with Gasteiger partial charge in [-0.2, -0.15) is 0 Å². The number of ether oxygens (including phenoxy) is 1. The molecular weight excluding hydrogens is 306 g/mol. The maximum absolute atomic E-state index is 12.7. The number of para-hydroxylation sites is 1. The summed E-state index contributed by atoms with van der Waals surface area (Å²) in [7, 11) is 1.58. The van der Waals surface area contributed by atoms with Crippen LogP contribution in [0.15, 0.2) is 45.6 Å². The summed E-state index contributed by atoms with van der Waals surface area (Å²) in [6.45, 7) is 2.61. The van der Waals surface area contributed by atoms with E-state index in [-0.39, 0.29) is 18.1 Å². The van der Waals surface area contributed by atoms with Crippen LogP contribution < -0.4 is 15.5 Å². The van der Waals surface area contributed by atoms with E-state index in [9.17, 15) is 9.90 Å². The lowest BCUT2D eigenvalue weighted by Crippen LogP contribution is -2.31. The molecule has 0 saturated carbocycles. The molecule has 5 nitrogen and oxygen atoms in total. The molecule has 0 aliphatic heterocycles. The van der Waals surface area contributed by atoms with Crippen molar-refractivity contribution in [3.63, 3.8) is 0 Å². The maximum Gasteiger partial charge on any atom is 0.200 e. The Morgan fingerprint density at radius 1 is 1.25 bits per heavy atom. The van der Waals surface area contributed by atoms with E-state index in [1.54, 1.807) is 31.4 Å². The van der Waals surface area contributed by atoms with Gasteiger partial charge in [0.25, 0.3) is 0 Å². The maximum atomic E-state index is 12.7. The summed E-state index contributed by atoms with van der Waals surface area (Å²) in [5, 5.41) is 13.7. The summed E-state index contributed by atoms with van der Waals surface area (Å²) in [5.41, 5.74) is 1.92. The highest BCUT2D eigenvalue weighted by molar-refractivity contribution is 5.91. The zero-order valence-corrected chi connectivity index (χ0v) is 13.8. The van der Waals surface area contributed by atoms with Crippen LogP contribution >= 0.6 is 0 Å². The Hall–Kier alpha value is -2.37. The van der Waals surface area contributed by atoms with Crippen LogP contribution in [0.1, 0.15) is 18.9 Å². The molecule has 24 heavy (non-hydrogen) atoms. The monoisotopic (exact) mass is 327 g/mol. The minimum atomic E-state index is -0.0510. The number of methoxy groups -OCH3 is 1. The topological polar surface area (TPSA) is 71.7 Å². The molecule has 1 atom stereocenters. The molecule has 0 aliphatic carbocycles. The molecule has 0 saturated heterocycles. The van der Waals surface area contributed by atoms with Crippen molar-refractivity contribution in [3.8, 4) is 5.75 Å². The molecule has 0 fully saturated rings. The first-order chi connectivity index (χ1) is 11.7. The van der Waals surface area contributed by atoms with E-state index in [4.69, 9.17) is 9.15 Å². The summed E-state index contributed by atoms with van der Waals surface area (Å²) >= 11 is 0. The van der Waals surface area contributed by atoms with E-state index < -0.39 is 0 Å². The van der Waals surface area contributed by atoms with Crippen LogP contribution in [0, 0.1) is 0 Å². The standard InChI is InChI=1S/C19H21NO4/c1-3-13(11-21)20-10-12-5-4-6-16-18(22)15-8-7-14(23-2)9-17(15)24-19(12)16/h4-9,13,20-21H,3,10-11H2,1-2H3/t13-/m1/s1. The molecule has 2 N–H and O–H groups in total. The second-order valence-corrected chi connectivity index (χ2v) is 5.76. The van der Waals surface area contributed by atoms with Crippen molar-refractivity contribution in [3.05, 3.63) is 52.2 Å². The molecule has 3 aromatic rings. The first-order valence-corrected chi connectivity index (χ1v) is 8.04. The number of hydrogen-bond donors (Lipinski definition) is 2. The zero-order chi connectivity index (χ0) is 17.1. The molecule has 0 radical (unpaired) electrons. The van der Waals surface area contributed by atoms with Gasteiger partial charge in [0.1, 0.15) is 16.9 Å². The van der Waals surface area contributed by atoms with Gasteiger partial charge in [0.15, 0.2) is 0 Å². The largest absolute Gasteiger partial charge is 0.497 e. The molecule has 0 unspecified atom stereocenters. The van der Waals surface area contributed by atoms with Crippen LogP contribution in [0.4, 0.5) is 0 Å². The molecule has 0 spiro atoms. The Morgan fingerprint density at radius 2 is 2.08 bits per heavy atom. The first-order valence-electron chi connectivity index (χ1n) is 8.04. The third-order valence-corrected chi connectivity index (χ3v) is 4.28. The lowest BCUT2D eigenvalue weighted by Gasteiger charge is -2.14. The summed E-state index contributed by atoms with van der Waals surface area (Å²) < 4.78 is 11.2. The smallest absolute Gasteiger partial charge is 0.200 e. The fourth-order valence-electron chi connectivity index (χ4n) is 2.77. The van der Waals surface area contributed by atoms with Crippen LogP contribution in [-0.2, 0) is 6.54 Å². The quantitative estimate of drug-likeness (QED) is 0.681. The number of rotatable bonds is 6. The lowest BCUT2D eigenvalue weighted by molar-refractivity contribution is 0.238. The van der Waals surface area contributed by atoms with E-state index in [1.165, 1.54) is 0 Å². The average Bonchev–Trinajstić information content (AvgIpc) is 2.62. The Bertz CT molecular complexity index is 912. The van der Waals surface area contributed by atoms with Gasteiger partial charge in [0, 0.05) is 24.2 Å². The van der Waals surface area contributed by atoms with Crippen molar-refractivity contribution >= 4 is 21.9 Å². The fourth-order valence-corrected chi connectivity index (χ4v) is 2.77.